The van der Waals surface area contributed by atoms with Gasteiger partial charge < -0.3 is 19.9 Å². The predicted molar refractivity (Wildman–Crippen MR) is 207 cm³/mol. The van der Waals surface area contributed by atoms with Gasteiger partial charge in [-0.2, -0.15) is 19.0 Å². The number of nitrogens with zero attached hydrogens (tertiary/aromatic N) is 6. The number of rotatable bonds is 11. The summed E-state index contributed by atoms with van der Waals surface area (Å²) in [4.78, 5) is 31.9. The van der Waals surface area contributed by atoms with Crippen LogP contribution in [0.5, 0.6) is 0 Å². The molecule has 0 saturated heterocycles. The zero-order valence-corrected chi connectivity index (χ0v) is 33.1. The minimum atomic E-state index is -3.68. The largest absolute Gasteiger partial charge is 0.366 e. The van der Waals surface area contributed by atoms with Crippen molar-refractivity contribution in [3.63, 3.8) is 0 Å². The second kappa shape index (κ2) is 15.4. The van der Waals surface area contributed by atoms with Crippen LogP contribution in [0.25, 0.3) is 22.0 Å². The molecule has 12 nitrogen and oxygen atoms in total. The van der Waals surface area contributed by atoms with Crippen LogP contribution in [0, 0.1) is 41.2 Å². The molecular weight excluding hydrogens is 830 g/mol. The third kappa shape index (κ3) is 7.57. The normalized spacial score (nSPS) is 16.5. The summed E-state index contributed by atoms with van der Waals surface area (Å²) in [5.74, 6) is 0.823. The van der Waals surface area contributed by atoms with E-state index in [0.29, 0.717) is 32.8 Å². The van der Waals surface area contributed by atoms with Gasteiger partial charge in [0.1, 0.15) is 46.8 Å². The number of halogens is 7. The van der Waals surface area contributed by atoms with Gasteiger partial charge in [0, 0.05) is 43.0 Å². The molecule has 0 bridgehead atoms. The lowest BCUT2D eigenvalue weighted by Crippen LogP contribution is -2.36. The third-order valence-corrected chi connectivity index (χ3v) is 10.7. The van der Waals surface area contributed by atoms with Gasteiger partial charge >= 0.3 is 5.92 Å². The van der Waals surface area contributed by atoms with Gasteiger partial charge in [0.2, 0.25) is 11.7 Å². The maximum Gasteiger partial charge on any atom is 0.304 e. The highest BCUT2D eigenvalue weighted by molar-refractivity contribution is 6.37. The van der Waals surface area contributed by atoms with Crippen LogP contribution in [0.1, 0.15) is 76.7 Å². The lowest BCUT2D eigenvalue weighted by Gasteiger charge is -2.24. The Bertz CT molecular complexity index is 2870. The lowest BCUT2D eigenvalue weighted by atomic mass is 9.84. The summed E-state index contributed by atoms with van der Waals surface area (Å²) in [6, 6.07) is 9.18. The number of anilines is 1. The van der Waals surface area contributed by atoms with Crippen LogP contribution in [0.4, 0.5) is 32.2 Å². The molecule has 19 heteroatoms. The van der Waals surface area contributed by atoms with E-state index in [1.54, 1.807) is 39.1 Å². The van der Waals surface area contributed by atoms with Crippen molar-refractivity contribution in [1.82, 2.24) is 35.0 Å². The Morgan fingerprint density at radius 1 is 1.05 bits per heavy atom. The summed E-state index contributed by atoms with van der Waals surface area (Å²) in [5, 5.41) is 17.7. The fourth-order valence-corrected chi connectivity index (χ4v) is 7.65. The van der Waals surface area contributed by atoms with Gasteiger partial charge in [0.25, 0.3) is 12.3 Å². The molecular formula is C42H31ClF6N8O4. The molecule has 0 radical (unpaired) electrons. The van der Waals surface area contributed by atoms with Gasteiger partial charge in [-0.3, -0.25) is 19.0 Å². The topological polar surface area (TPSA) is 142 Å². The minimum absolute atomic E-state index is 0.0511. The van der Waals surface area contributed by atoms with Gasteiger partial charge in [0.05, 0.1) is 39.8 Å². The molecule has 0 aliphatic heterocycles. The Labute approximate surface area is 347 Å². The number of fused-ring (bicyclic) bond motifs is 4. The maximum atomic E-state index is 15.6. The van der Waals surface area contributed by atoms with E-state index in [-0.39, 0.29) is 40.0 Å². The number of ether oxygens (including phenoxy) is 1. The molecule has 0 spiro atoms. The average Bonchev–Trinajstić information content (AvgIpc) is 3.94. The quantitative estimate of drug-likeness (QED) is 0.100. The van der Waals surface area contributed by atoms with E-state index in [2.05, 4.69) is 49.7 Å². The average molecular weight is 861 g/mol. The Kier molecular flexibility index (Phi) is 10.4. The first-order valence-corrected chi connectivity index (χ1v) is 18.8. The number of aromatic nitrogens is 6. The molecule has 4 heterocycles. The van der Waals surface area contributed by atoms with Crippen molar-refractivity contribution in [2.45, 2.75) is 56.7 Å². The third-order valence-electron chi connectivity index (χ3n) is 10.3. The number of hydrogen-bond donors (Lipinski definition) is 2. The molecule has 8 rings (SSSR count). The molecule has 61 heavy (non-hydrogen) atoms. The van der Waals surface area contributed by atoms with E-state index < -0.39 is 82.8 Å². The summed E-state index contributed by atoms with van der Waals surface area (Å²) in [6.07, 6.45) is -2.27. The first kappa shape index (κ1) is 41.1. The predicted octanol–water partition coefficient (Wildman–Crippen LogP) is 7.64. The fourth-order valence-electron chi connectivity index (χ4n) is 7.41. The number of carbonyl (C=O) groups excluding carboxylic acids is 2. The summed E-state index contributed by atoms with van der Waals surface area (Å²) in [7, 11) is 3.05. The summed E-state index contributed by atoms with van der Waals surface area (Å²) in [6.45, 7) is 2.49. The van der Waals surface area contributed by atoms with Crippen LogP contribution in [-0.4, -0.2) is 54.2 Å². The van der Waals surface area contributed by atoms with Crippen molar-refractivity contribution in [3.8, 4) is 34.8 Å². The molecule has 2 amide bonds. The van der Waals surface area contributed by atoms with E-state index >= 15 is 8.78 Å². The van der Waals surface area contributed by atoms with E-state index in [9.17, 15) is 27.2 Å². The second-order valence-corrected chi connectivity index (χ2v) is 15.2. The van der Waals surface area contributed by atoms with Crippen LogP contribution in [-0.2, 0) is 35.5 Å². The number of alkyl halides is 4. The minimum Gasteiger partial charge on any atom is -0.366 e. The number of nitrogens with one attached hydrogen (secondary N) is 2. The molecule has 4 aromatic heterocycles. The molecule has 3 atom stereocenters. The van der Waals surface area contributed by atoms with E-state index in [0.717, 1.165) is 12.1 Å². The number of carbonyl (C=O) groups is 2. The number of amides is 2. The highest BCUT2D eigenvalue weighted by atomic mass is 35.5. The monoisotopic (exact) mass is 860 g/mol. The molecule has 312 valence electrons. The molecule has 0 fully saturated rings. The molecule has 2 aliphatic rings. The first-order valence-electron chi connectivity index (χ1n) is 18.4. The van der Waals surface area contributed by atoms with Crippen LogP contribution < -0.4 is 10.6 Å². The lowest BCUT2D eigenvalue weighted by molar-refractivity contribution is -0.123. The number of methoxy groups -OCH3 is 1. The summed E-state index contributed by atoms with van der Waals surface area (Å²) < 4.78 is 101. The fraction of sp³-hybridized carbons (Fsp3) is 0.286. The number of aryl methyl sites for hydroxylation is 1. The van der Waals surface area contributed by atoms with Crippen molar-refractivity contribution < 1.29 is 45.2 Å². The molecule has 2 N–H and O–H groups in total. The van der Waals surface area contributed by atoms with Crippen molar-refractivity contribution in [2.24, 2.45) is 13.0 Å². The molecule has 2 aromatic carbocycles. The SMILES string of the molecule is COC(C)(C)C#Cc1ccc(-c2ccc(Cl)c3c(NC(=O)c4ccno4)nn(C)c23)c([C@H](Cc2cc(F)cc(F)c2)NC(=O)Cn2nc(C(F)F)c3c2C(F)(F)[C@@H]2C#C[C@H]32)n1. The van der Waals surface area contributed by atoms with Crippen molar-refractivity contribution in [1.29, 1.82) is 0 Å². The Morgan fingerprint density at radius 3 is 2.44 bits per heavy atom. The summed E-state index contributed by atoms with van der Waals surface area (Å²) in [5.41, 5.74) is -1.68. The molecule has 0 unspecified atom stereocenters. The highest BCUT2D eigenvalue weighted by Gasteiger charge is 2.60. The molecule has 2 aliphatic carbocycles. The second-order valence-electron chi connectivity index (χ2n) is 14.8. The van der Waals surface area contributed by atoms with Gasteiger partial charge in [-0.25, -0.2) is 22.5 Å². The first-order chi connectivity index (χ1) is 28.9. The maximum absolute atomic E-state index is 15.6. The van der Waals surface area contributed by atoms with Crippen LogP contribution in [0.3, 0.4) is 0 Å². The van der Waals surface area contributed by atoms with E-state index in [1.807, 2.05) is 0 Å². The van der Waals surface area contributed by atoms with E-state index in [4.69, 9.17) is 25.8 Å². The van der Waals surface area contributed by atoms with Crippen molar-refractivity contribution >= 4 is 40.1 Å². The van der Waals surface area contributed by atoms with Crippen molar-refractivity contribution in [2.75, 3.05) is 12.4 Å². The van der Waals surface area contributed by atoms with Crippen LogP contribution in [0.15, 0.2) is 59.3 Å². The summed E-state index contributed by atoms with van der Waals surface area (Å²) >= 11 is 6.72. The van der Waals surface area contributed by atoms with E-state index in [1.165, 1.54) is 30.1 Å². The van der Waals surface area contributed by atoms with Gasteiger partial charge in [-0.15, -0.1) is 0 Å². The smallest absolute Gasteiger partial charge is 0.304 e. The molecule has 6 aromatic rings. The molecule has 0 saturated carbocycles. The number of benzene rings is 2. The van der Waals surface area contributed by atoms with Crippen LogP contribution in [0.2, 0.25) is 5.02 Å². The number of pyridine rings is 1. The Balaban J connectivity index is 1.27. The van der Waals surface area contributed by atoms with Gasteiger partial charge in [-0.1, -0.05) is 40.6 Å². The number of hydrogen-bond acceptors (Lipinski definition) is 8. The van der Waals surface area contributed by atoms with Gasteiger partial charge in [0.15, 0.2) is 5.82 Å². The Morgan fingerprint density at radius 2 is 1.79 bits per heavy atom. The van der Waals surface area contributed by atoms with Gasteiger partial charge in [-0.05, 0) is 62.1 Å². The highest BCUT2D eigenvalue weighted by Crippen LogP contribution is 2.57. The Hall–Kier alpha value is -6.63. The van der Waals surface area contributed by atoms with Crippen LogP contribution >= 0.6 is 11.6 Å². The zero-order chi connectivity index (χ0) is 43.5. The van der Waals surface area contributed by atoms with Crippen molar-refractivity contribution in [3.05, 3.63) is 111 Å². The standard InChI is InChI=1S/C42H31ClF6N8O4/c1-41(2,60-4)13-11-23-5-6-24(25-8-10-28(43)33-36(25)56(3)55-39(33)53-40(59)30-12-14-50-61-30)34(51-23)29(17-20-15-21(44)18-22(45)16-20)52-31(58)19-57-37-32(35(54-57)38(46)47)26-7-9-27(26)42(37,48)49/h5-6,8,10,12,14-16,18,26-27,29,38H,17,19H2,1-4H3,(H,52,58)(H,53,55,59)/t26-,27+,29-/m0/s1. The zero-order valence-electron chi connectivity index (χ0n) is 32.4.